The summed E-state index contributed by atoms with van der Waals surface area (Å²) in [4.78, 5) is 0. The zero-order valence-electron chi connectivity index (χ0n) is 9.75. The summed E-state index contributed by atoms with van der Waals surface area (Å²) in [6.45, 7) is 4.49. The second kappa shape index (κ2) is 7.52. The van der Waals surface area contributed by atoms with Crippen LogP contribution in [0.5, 0.6) is 5.75 Å². The summed E-state index contributed by atoms with van der Waals surface area (Å²) in [5, 5.41) is 3.33. The van der Waals surface area contributed by atoms with Gasteiger partial charge in [0.05, 0.1) is 7.11 Å². The van der Waals surface area contributed by atoms with Crippen molar-refractivity contribution >= 4 is 21.6 Å². The van der Waals surface area contributed by atoms with Gasteiger partial charge in [0.1, 0.15) is 5.75 Å². The molecule has 0 aliphatic carbocycles. The number of rotatable bonds is 7. The Morgan fingerprint density at radius 1 is 1.31 bits per heavy atom. The number of halogens is 1. The highest BCUT2D eigenvalue weighted by Gasteiger charge is 1.98. The molecule has 3 nitrogen and oxygen atoms in total. The summed E-state index contributed by atoms with van der Waals surface area (Å²) < 4.78 is 11.5. The van der Waals surface area contributed by atoms with Crippen LogP contribution in [0.3, 0.4) is 0 Å². The zero-order valence-corrected chi connectivity index (χ0v) is 11.3. The summed E-state index contributed by atoms with van der Waals surface area (Å²) in [7, 11) is 1.67. The molecule has 0 bridgehead atoms. The first-order valence-electron chi connectivity index (χ1n) is 5.42. The van der Waals surface area contributed by atoms with Gasteiger partial charge in [0.2, 0.25) is 0 Å². The average Bonchev–Trinajstić information content (AvgIpc) is 2.28. The third-order valence-corrected chi connectivity index (χ3v) is 2.56. The van der Waals surface area contributed by atoms with Crippen molar-refractivity contribution in [2.24, 2.45) is 0 Å². The molecule has 1 aromatic rings. The molecule has 0 saturated heterocycles. The molecule has 0 atom stereocenters. The van der Waals surface area contributed by atoms with Gasteiger partial charge in [0, 0.05) is 36.0 Å². The standard InChI is InChI=1S/C12H18BrNO2/c1-3-16-6-4-5-14-11-7-10(13)8-12(9-11)15-2/h7-9,14H,3-6H2,1-2H3. The average molecular weight is 288 g/mol. The minimum Gasteiger partial charge on any atom is -0.497 e. The number of hydrogen-bond acceptors (Lipinski definition) is 3. The summed E-state index contributed by atoms with van der Waals surface area (Å²) >= 11 is 3.44. The van der Waals surface area contributed by atoms with E-state index < -0.39 is 0 Å². The molecule has 1 N–H and O–H groups in total. The van der Waals surface area contributed by atoms with Gasteiger partial charge in [-0.05, 0) is 25.5 Å². The molecule has 16 heavy (non-hydrogen) atoms. The van der Waals surface area contributed by atoms with Crippen LogP contribution in [0.15, 0.2) is 22.7 Å². The Balaban J connectivity index is 2.38. The number of benzene rings is 1. The predicted molar refractivity (Wildman–Crippen MR) is 70.3 cm³/mol. The van der Waals surface area contributed by atoms with Gasteiger partial charge in [-0.25, -0.2) is 0 Å². The molecule has 0 aliphatic heterocycles. The molecule has 90 valence electrons. The fraction of sp³-hybridized carbons (Fsp3) is 0.500. The number of nitrogens with one attached hydrogen (secondary N) is 1. The largest absolute Gasteiger partial charge is 0.497 e. The van der Waals surface area contributed by atoms with Crippen molar-refractivity contribution in [3.8, 4) is 5.75 Å². The van der Waals surface area contributed by atoms with E-state index in [9.17, 15) is 0 Å². The van der Waals surface area contributed by atoms with Crippen LogP contribution in [-0.4, -0.2) is 26.9 Å². The van der Waals surface area contributed by atoms with Crippen molar-refractivity contribution in [1.29, 1.82) is 0 Å². The lowest BCUT2D eigenvalue weighted by Crippen LogP contribution is -2.05. The molecular formula is C12H18BrNO2. The Bertz CT molecular complexity index is 318. The van der Waals surface area contributed by atoms with E-state index in [4.69, 9.17) is 9.47 Å². The van der Waals surface area contributed by atoms with Gasteiger partial charge in [-0.3, -0.25) is 0 Å². The molecule has 1 aromatic carbocycles. The van der Waals surface area contributed by atoms with Crippen LogP contribution >= 0.6 is 15.9 Å². The smallest absolute Gasteiger partial charge is 0.122 e. The first kappa shape index (κ1) is 13.3. The molecule has 4 heteroatoms. The first-order valence-corrected chi connectivity index (χ1v) is 6.21. The van der Waals surface area contributed by atoms with Gasteiger partial charge in [0.25, 0.3) is 0 Å². The van der Waals surface area contributed by atoms with Crippen molar-refractivity contribution in [3.05, 3.63) is 22.7 Å². The highest BCUT2D eigenvalue weighted by atomic mass is 79.9. The lowest BCUT2D eigenvalue weighted by molar-refractivity contribution is 0.147. The molecular weight excluding hydrogens is 270 g/mol. The van der Waals surface area contributed by atoms with Crippen LogP contribution in [0.1, 0.15) is 13.3 Å². The highest BCUT2D eigenvalue weighted by molar-refractivity contribution is 9.10. The predicted octanol–water partition coefficient (Wildman–Crippen LogP) is 3.30. The van der Waals surface area contributed by atoms with E-state index in [1.54, 1.807) is 7.11 Å². The van der Waals surface area contributed by atoms with Gasteiger partial charge in [-0.2, -0.15) is 0 Å². The Morgan fingerprint density at radius 2 is 2.12 bits per heavy atom. The van der Waals surface area contributed by atoms with E-state index in [0.717, 1.165) is 42.1 Å². The molecule has 0 unspecified atom stereocenters. The molecule has 0 radical (unpaired) electrons. The second-order valence-electron chi connectivity index (χ2n) is 3.36. The molecule has 1 rings (SSSR count). The Hall–Kier alpha value is -0.740. The molecule has 0 aromatic heterocycles. The third-order valence-electron chi connectivity index (χ3n) is 2.11. The van der Waals surface area contributed by atoms with Gasteiger partial charge in [0.15, 0.2) is 0 Å². The molecule has 0 heterocycles. The molecule has 0 fully saturated rings. The van der Waals surface area contributed by atoms with E-state index in [1.165, 1.54) is 0 Å². The summed E-state index contributed by atoms with van der Waals surface area (Å²) in [6, 6.07) is 5.94. The van der Waals surface area contributed by atoms with Crippen LogP contribution in [0.25, 0.3) is 0 Å². The third kappa shape index (κ3) is 4.86. The Labute approximate surface area is 105 Å². The minimum atomic E-state index is 0.782. The molecule has 0 saturated carbocycles. The fourth-order valence-electron chi connectivity index (χ4n) is 1.33. The van der Waals surface area contributed by atoms with Crippen LogP contribution in [0, 0.1) is 0 Å². The number of methoxy groups -OCH3 is 1. The van der Waals surface area contributed by atoms with Crippen LogP contribution in [-0.2, 0) is 4.74 Å². The van der Waals surface area contributed by atoms with Crippen molar-refractivity contribution in [3.63, 3.8) is 0 Å². The lowest BCUT2D eigenvalue weighted by atomic mass is 10.3. The van der Waals surface area contributed by atoms with Crippen molar-refractivity contribution in [1.82, 2.24) is 0 Å². The molecule has 0 aliphatic rings. The van der Waals surface area contributed by atoms with Crippen LogP contribution in [0.4, 0.5) is 5.69 Å². The summed E-state index contributed by atoms with van der Waals surface area (Å²) in [6.07, 6.45) is 1.00. The normalized spacial score (nSPS) is 10.2. The van der Waals surface area contributed by atoms with Crippen LogP contribution < -0.4 is 10.1 Å². The van der Waals surface area contributed by atoms with Crippen molar-refractivity contribution in [2.75, 3.05) is 32.2 Å². The van der Waals surface area contributed by atoms with Crippen LogP contribution in [0.2, 0.25) is 0 Å². The molecule has 0 spiro atoms. The van der Waals surface area contributed by atoms with Gasteiger partial charge >= 0.3 is 0 Å². The Morgan fingerprint density at radius 3 is 2.81 bits per heavy atom. The van der Waals surface area contributed by atoms with E-state index in [1.807, 2.05) is 25.1 Å². The van der Waals surface area contributed by atoms with E-state index >= 15 is 0 Å². The summed E-state index contributed by atoms with van der Waals surface area (Å²) in [5.41, 5.74) is 1.06. The lowest BCUT2D eigenvalue weighted by Gasteiger charge is -2.09. The maximum Gasteiger partial charge on any atom is 0.122 e. The maximum absolute atomic E-state index is 5.27. The van der Waals surface area contributed by atoms with Gasteiger partial charge in [-0.15, -0.1) is 0 Å². The first-order chi connectivity index (χ1) is 7.76. The van der Waals surface area contributed by atoms with E-state index in [-0.39, 0.29) is 0 Å². The highest BCUT2D eigenvalue weighted by Crippen LogP contribution is 2.24. The van der Waals surface area contributed by atoms with Crippen molar-refractivity contribution < 1.29 is 9.47 Å². The minimum absolute atomic E-state index is 0.782. The SMILES string of the molecule is CCOCCCNc1cc(Br)cc(OC)c1. The second-order valence-corrected chi connectivity index (χ2v) is 4.27. The fourth-order valence-corrected chi connectivity index (χ4v) is 1.81. The maximum atomic E-state index is 5.27. The number of anilines is 1. The Kier molecular flexibility index (Phi) is 6.26. The zero-order chi connectivity index (χ0) is 11.8. The monoisotopic (exact) mass is 287 g/mol. The topological polar surface area (TPSA) is 30.5 Å². The number of ether oxygens (including phenoxy) is 2. The van der Waals surface area contributed by atoms with E-state index in [2.05, 4.69) is 21.2 Å². The van der Waals surface area contributed by atoms with Gasteiger partial charge in [-0.1, -0.05) is 15.9 Å². The quantitative estimate of drug-likeness (QED) is 0.781. The molecule has 0 amide bonds. The number of hydrogen-bond donors (Lipinski definition) is 1. The summed E-state index contributed by atoms with van der Waals surface area (Å²) in [5.74, 6) is 0.849. The van der Waals surface area contributed by atoms with Crippen molar-refractivity contribution in [2.45, 2.75) is 13.3 Å². The van der Waals surface area contributed by atoms with E-state index in [0.29, 0.717) is 0 Å². The van der Waals surface area contributed by atoms with Gasteiger partial charge < -0.3 is 14.8 Å².